The third-order valence-corrected chi connectivity index (χ3v) is 5.22. The Morgan fingerprint density at radius 2 is 1.84 bits per heavy atom. The number of benzene rings is 2. The maximum atomic E-state index is 12.6. The fourth-order valence-corrected chi connectivity index (χ4v) is 3.16. The average molecular weight is 439 g/mol. The van der Waals surface area contributed by atoms with Crippen LogP contribution in [0.5, 0.6) is 17.2 Å². The highest BCUT2D eigenvalue weighted by Gasteiger charge is 2.28. The van der Waals surface area contributed by atoms with Gasteiger partial charge >= 0.3 is 5.97 Å². The molecule has 1 amide bonds. The third kappa shape index (κ3) is 5.26. The smallest absolute Gasteiger partial charge is 0.326 e. The molecule has 0 radical (unpaired) electrons. The normalized spacial score (nSPS) is 15.5. The second-order valence-electron chi connectivity index (χ2n) is 7.43. The number of carboxylic acids is 1. The van der Waals surface area contributed by atoms with E-state index in [1.807, 2.05) is 19.1 Å². The number of allylic oxidation sites excluding steroid dienone is 1. The van der Waals surface area contributed by atoms with Crippen LogP contribution in [0, 0.1) is 5.92 Å². The molecule has 2 aromatic rings. The number of rotatable bonds is 9. The van der Waals surface area contributed by atoms with Crippen LogP contribution in [0.4, 0.5) is 0 Å². The summed E-state index contributed by atoms with van der Waals surface area (Å²) in [6.45, 7) is 3.25. The Morgan fingerprint density at radius 3 is 2.47 bits per heavy atom. The first-order chi connectivity index (χ1) is 15.3. The van der Waals surface area contributed by atoms with Crippen LogP contribution >= 0.6 is 0 Å². The first-order valence-electron chi connectivity index (χ1n) is 10.2. The zero-order chi connectivity index (χ0) is 23.3. The van der Waals surface area contributed by atoms with E-state index >= 15 is 0 Å². The zero-order valence-electron chi connectivity index (χ0n) is 18.1. The molecule has 1 aliphatic heterocycles. The van der Waals surface area contributed by atoms with Crippen LogP contribution in [0.2, 0.25) is 0 Å². The molecule has 2 atom stereocenters. The average Bonchev–Trinajstić information content (AvgIpc) is 3.10. The fourth-order valence-electron chi connectivity index (χ4n) is 3.16. The maximum Gasteiger partial charge on any atom is 0.326 e. The van der Waals surface area contributed by atoms with Gasteiger partial charge in [-0.15, -0.1) is 0 Å². The van der Waals surface area contributed by atoms with E-state index in [2.05, 4.69) is 5.32 Å². The predicted octanol–water partition coefficient (Wildman–Crippen LogP) is 3.31. The van der Waals surface area contributed by atoms with Gasteiger partial charge in [0.15, 0.2) is 12.4 Å². The van der Waals surface area contributed by atoms with Crippen molar-refractivity contribution in [3.8, 4) is 17.2 Å². The van der Waals surface area contributed by atoms with Crippen molar-refractivity contribution in [2.24, 2.45) is 5.92 Å². The third-order valence-electron chi connectivity index (χ3n) is 5.22. The van der Waals surface area contributed by atoms with Crippen LogP contribution in [0.25, 0.3) is 6.08 Å². The minimum absolute atomic E-state index is 0.179. The van der Waals surface area contributed by atoms with Gasteiger partial charge < -0.3 is 24.6 Å². The Balaban J connectivity index is 1.64. The maximum absolute atomic E-state index is 12.6. The lowest BCUT2D eigenvalue weighted by Crippen LogP contribution is -2.46. The van der Waals surface area contributed by atoms with Gasteiger partial charge in [0.1, 0.15) is 23.3 Å². The Labute approximate surface area is 185 Å². The summed E-state index contributed by atoms with van der Waals surface area (Å²) in [5.74, 6) is -0.562. The van der Waals surface area contributed by atoms with E-state index in [1.165, 1.54) is 6.07 Å². The van der Waals surface area contributed by atoms with Crippen molar-refractivity contribution in [2.45, 2.75) is 26.3 Å². The van der Waals surface area contributed by atoms with Crippen LogP contribution < -0.4 is 19.5 Å². The van der Waals surface area contributed by atoms with E-state index in [9.17, 15) is 19.5 Å². The highest BCUT2D eigenvalue weighted by molar-refractivity contribution is 6.14. The van der Waals surface area contributed by atoms with E-state index in [0.29, 0.717) is 29.2 Å². The minimum Gasteiger partial charge on any atom is -0.497 e. The molecule has 3 rings (SSSR count). The number of ketones is 1. The van der Waals surface area contributed by atoms with Crippen molar-refractivity contribution in [1.29, 1.82) is 0 Å². The highest BCUT2D eigenvalue weighted by Crippen LogP contribution is 2.35. The SMILES string of the molecule is CC[C@H](C)[C@H](NC(=O)COc1ccc2c(c1)O/C(=C/c1ccc(OC)cc1)C2=O)C(=O)O. The number of carbonyl (C=O) groups excluding carboxylic acids is 2. The molecule has 2 N–H and O–H groups in total. The van der Waals surface area contributed by atoms with Gasteiger partial charge in [-0.25, -0.2) is 4.79 Å². The first kappa shape index (κ1) is 22.9. The van der Waals surface area contributed by atoms with Gasteiger partial charge in [-0.2, -0.15) is 0 Å². The lowest BCUT2D eigenvalue weighted by molar-refractivity contribution is -0.143. The molecule has 0 fully saturated rings. The van der Waals surface area contributed by atoms with Gasteiger partial charge in [-0.1, -0.05) is 32.4 Å². The van der Waals surface area contributed by atoms with Gasteiger partial charge in [-0.05, 0) is 41.8 Å². The van der Waals surface area contributed by atoms with E-state index < -0.39 is 17.9 Å². The molecule has 0 unspecified atom stereocenters. The summed E-state index contributed by atoms with van der Waals surface area (Å²) < 4.78 is 16.3. The topological polar surface area (TPSA) is 111 Å². The Hall–Kier alpha value is -3.81. The van der Waals surface area contributed by atoms with Crippen molar-refractivity contribution >= 4 is 23.7 Å². The molecule has 0 aliphatic carbocycles. The molecular weight excluding hydrogens is 414 g/mol. The molecule has 1 heterocycles. The molecule has 0 saturated carbocycles. The van der Waals surface area contributed by atoms with Crippen molar-refractivity contribution in [3.63, 3.8) is 0 Å². The molecule has 0 aromatic heterocycles. The van der Waals surface area contributed by atoms with Crippen LogP contribution in [0.3, 0.4) is 0 Å². The number of Topliss-reactive ketones (excluding diaryl/α,β-unsaturated/α-hetero) is 1. The number of ether oxygens (including phenoxy) is 3. The van der Waals surface area contributed by atoms with Crippen LogP contribution in [0.15, 0.2) is 48.2 Å². The molecule has 32 heavy (non-hydrogen) atoms. The van der Waals surface area contributed by atoms with Gasteiger partial charge in [0.2, 0.25) is 5.78 Å². The summed E-state index contributed by atoms with van der Waals surface area (Å²) >= 11 is 0. The van der Waals surface area contributed by atoms with Crippen molar-refractivity contribution in [3.05, 3.63) is 59.4 Å². The second-order valence-corrected chi connectivity index (χ2v) is 7.43. The number of hydrogen-bond acceptors (Lipinski definition) is 6. The molecule has 168 valence electrons. The van der Waals surface area contributed by atoms with Crippen LogP contribution in [-0.4, -0.2) is 42.5 Å². The largest absolute Gasteiger partial charge is 0.497 e. The number of aliphatic carboxylic acids is 1. The lowest BCUT2D eigenvalue weighted by Gasteiger charge is -2.20. The molecule has 0 saturated heterocycles. The Bertz CT molecular complexity index is 1040. The first-order valence-corrected chi connectivity index (χ1v) is 10.2. The van der Waals surface area contributed by atoms with Crippen LogP contribution in [0.1, 0.15) is 36.2 Å². The summed E-state index contributed by atoms with van der Waals surface area (Å²) in [4.78, 5) is 36.1. The van der Waals surface area contributed by atoms with E-state index in [0.717, 1.165) is 5.56 Å². The lowest BCUT2D eigenvalue weighted by atomic mass is 9.99. The van der Waals surface area contributed by atoms with Crippen molar-refractivity contribution < 1.29 is 33.7 Å². The van der Waals surface area contributed by atoms with E-state index in [4.69, 9.17) is 14.2 Å². The number of fused-ring (bicyclic) bond motifs is 1. The molecular formula is C24H25NO7. The summed E-state index contributed by atoms with van der Waals surface area (Å²) in [5, 5.41) is 11.8. The molecule has 0 spiro atoms. The van der Waals surface area contributed by atoms with Gasteiger partial charge in [0.05, 0.1) is 12.7 Å². The molecule has 8 nitrogen and oxygen atoms in total. The quantitative estimate of drug-likeness (QED) is 0.577. The number of methoxy groups -OCH3 is 1. The number of amides is 1. The highest BCUT2D eigenvalue weighted by atomic mass is 16.5. The summed E-state index contributed by atoms with van der Waals surface area (Å²) in [5.41, 5.74) is 1.17. The second kappa shape index (κ2) is 10.00. The molecule has 8 heteroatoms. The Kier molecular flexibility index (Phi) is 7.14. The molecule has 2 aromatic carbocycles. The number of nitrogens with one attached hydrogen (secondary N) is 1. The monoisotopic (exact) mass is 439 g/mol. The van der Waals surface area contributed by atoms with Crippen LogP contribution in [-0.2, 0) is 9.59 Å². The molecule has 1 aliphatic rings. The van der Waals surface area contributed by atoms with Gasteiger partial charge in [0, 0.05) is 6.07 Å². The van der Waals surface area contributed by atoms with E-state index in [-0.39, 0.29) is 24.1 Å². The van der Waals surface area contributed by atoms with Gasteiger partial charge in [-0.3, -0.25) is 9.59 Å². The summed E-state index contributed by atoms with van der Waals surface area (Å²) in [7, 11) is 1.58. The summed E-state index contributed by atoms with van der Waals surface area (Å²) in [6, 6.07) is 10.9. The van der Waals surface area contributed by atoms with Crippen molar-refractivity contribution in [2.75, 3.05) is 13.7 Å². The molecule has 0 bridgehead atoms. The summed E-state index contributed by atoms with van der Waals surface area (Å²) in [6.07, 6.45) is 2.25. The Morgan fingerprint density at radius 1 is 1.16 bits per heavy atom. The minimum atomic E-state index is -1.09. The van der Waals surface area contributed by atoms with Gasteiger partial charge in [0.25, 0.3) is 5.91 Å². The van der Waals surface area contributed by atoms with Crippen molar-refractivity contribution in [1.82, 2.24) is 5.32 Å². The number of carbonyl (C=O) groups is 3. The predicted molar refractivity (Wildman–Crippen MR) is 117 cm³/mol. The fraction of sp³-hybridized carbons (Fsp3) is 0.292. The number of carboxylic acid groups (broad SMARTS) is 1. The standard InChI is InChI=1S/C24H25NO7/c1-4-14(2)22(24(28)29)25-21(26)13-31-17-9-10-18-19(12-17)32-20(23(18)27)11-15-5-7-16(30-3)8-6-15/h5-12,14,22H,4,13H2,1-3H3,(H,25,26)(H,28,29)/b20-11+/t14-,22-/m0/s1. The van der Waals surface area contributed by atoms with E-state index in [1.54, 1.807) is 44.4 Å². The number of hydrogen-bond donors (Lipinski definition) is 2. The zero-order valence-corrected chi connectivity index (χ0v) is 18.1.